The van der Waals surface area contributed by atoms with E-state index in [9.17, 15) is 0 Å². The van der Waals surface area contributed by atoms with Gasteiger partial charge in [0.1, 0.15) is 6.61 Å². The molecule has 0 radical (unpaired) electrons. The molecule has 2 aliphatic heterocycles. The van der Waals surface area contributed by atoms with Crippen LogP contribution in [0.25, 0.3) is 0 Å². The summed E-state index contributed by atoms with van der Waals surface area (Å²) in [6.45, 7) is 2.85. The van der Waals surface area contributed by atoms with Crippen LogP contribution in [-0.4, -0.2) is 39.0 Å². The van der Waals surface area contributed by atoms with Crippen LogP contribution in [0.3, 0.4) is 0 Å². The van der Waals surface area contributed by atoms with Crippen molar-refractivity contribution in [2.24, 2.45) is 0 Å². The second-order valence-electron chi connectivity index (χ2n) is 5.23. The predicted octanol–water partition coefficient (Wildman–Crippen LogP) is 2.86. The second-order valence-corrected chi connectivity index (χ2v) is 5.23. The first kappa shape index (κ1) is 15.8. The third kappa shape index (κ3) is 6.71. The van der Waals surface area contributed by atoms with Gasteiger partial charge in [-0.3, -0.25) is 0 Å². The molecule has 2 rings (SSSR count). The Labute approximate surface area is 122 Å². The number of unbranched alkanes of at least 4 members (excludes halogenated alkanes) is 1. The maximum absolute atomic E-state index is 5.64. The fourth-order valence-corrected chi connectivity index (χ4v) is 2.33. The monoisotopic (exact) mass is 282 g/mol. The molecule has 2 atom stereocenters. The molecule has 2 heterocycles. The van der Waals surface area contributed by atoms with Gasteiger partial charge in [-0.1, -0.05) is 5.92 Å². The first-order valence-corrected chi connectivity index (χ1v) is 7.87. The summed E-state index contributed by atoms with van der Waals surface area (Å²) < 4.78 is 22.1. The molecule has 4 nitrogen and oxygen atoms in total. The van der Waals surface area contributed by atoms with Crippen LogP contribution in [0.15, 0.2) is 0 Å². The van der Waals surface area contributed by atoms with E-state index in [2.05, 4.69) is 11.8 Å². The minimum Gasteiger partial charge on any atom is -0.353 e. The van der Waals surface area contributed by atoms with Crippen molar-refractivity contribution < 1.29 is 18.9 Å². The Morgan fingerprint density at radius 2 is 1.55 bits per heavy atom. The van der Waals surface area contributed by atoms with Gasteiger partial charge in [-0.05, 0) is 44.9 Å². The van der Waals surface area contributed by atoms with Crippen LogP contribution in [0.1, 0.15) is 51.4 Å². The molecular formula is C16H26O4. The Morgan fingerprint density at radius 3 is 2.20 bits per heavy atom. The van der Waals surface area contributed by atoms with Gasteiger partial charge in [-0.15, -0.1) is 5.92 Å². The van der Waals surface area contributed by atoms with E-state index < -0.39 is 0 Å². The lowest BCUT2D eigenvalue weighted by molar-refractivity contribution is -0.162. The normalized spacial score (nSPS) is 26.8. The minimum absolute atomic E-state index is 0.0171. The van der Waals surface area contributed by atoms with Gasteiger partial charge in [0.15, 0.2) is 12.6 Å². The van der Waals surface area contributed by atoms with Crippen LogP contribution >= 0.6 is 0 Å². The van der Waals surface area contributed by atoms with Crippen LogP contribution in [0.2, 0.25) is 0 Å². The molecule has 0 aliphatic carbocycles. The zero-order valence-electron chi connectivity index (χ0n) is 12.3. The highest BCUT2D eigenvalue weighted by Crippen LogP contribution is 2.14. The number of hydrogen-bond acceptors (Lipinski definition) is 4. The van der Waals surface area contributed by atoms with Crippen molar-refractivity contribution in [1.82, 2.24) is 0 Å². The van der Waals surface area contributed by atoms with E-state index in [0.29, 0.717) is 6.61 Å². The predicted molar refractivity (Wildman–Crippen MR) is 76.1 cm³/mol. The highest BCUT2D eigenvalue weighted by Gasteiger charge is 2.13. The molecule has 2 fully saturated rings. The zero-order chi connectivity index (χ0) is 13.9. The quantitative estimate of drug-likeness (QED) is 0.554. The van der Waals surface area contributed by atoms with Gasteiger partial charge in [-0.25, -0.2) is 0 Å². The summed E-state index contributed by atoms with van der Waals surface area (Å²) in [6, 6.07) is 0. The molecule has 114 valence electrons. The number of rotatable bonds is 6. The van der Waals surface area contributed by atoms with Crippen molar-refractivity contribution in [1.29, 1.82) is 0 Å². The molecule has 2 aliphatic rings. The second kappa shape index (κ2) is 10.2. The summed E-state index contributed by atoms with van der Waals surface area (Å²) in [5, 5.41) is 0. The lowest BCUT2D eigenvalue weighted by Crippen LogP contribution is -2.22. The number of hydrogen-bond donors (Lipinski definition) is 0. The van der Waals surface area contributed by atoms with Crippen LogP contribution in [0.5, 0.6) is 0 Å². The molecule has 20 heavy (non-hydrogen) atoms. The van der Waals surface area contributed by atoms with E-state index in [1.807, 2.05) is 0 Å². The van der Waals surface area contributed by atoms with Crippen molar-refractivity contribution in [2.45, 2.75) is 63.9 Å². The van der Waals surface area contributed by atoms with Gasteiger partial charge < -0.3 is 18.9 Å². The van der Waals surface area contributed by atoms with E-state index in [0.717, 1.165) is 58.3 Å². The Balaban J connectivity index is 1.41. The topological polar surface area (TPSA) is 36.9 Å². The SMILES string of the molecule is C(#CCO[C@@H]1CCCCO1)CCCO[C@H]1CCCCO1. The smallest absolute Gasteiger partial charge is 0.158 e. The lowest BCUT2D eigenvalue weighted by atomic mass is 10.2. The van der Waals surface area contributed by atoms with Gasteiger partial charge in [0, 0.05) is 19.6 Å². The van der Waals surface area contributed by atoms with Gasteiger partial charge >= 0.3 is 0 Å². The summed E-state index contributed by atoms with van der Waals surface area (Å²) in [4.78, 5) is 0. The van der Waals surface area contributed by atoms with Gasteiger partial charge in [0.25, 0.3) is 0 Å². The standard InChI is InChI=1S/C16H26O4/c1(5-11-17-15-9-3-7-13-19-15)2-6-12-18-16-10-4-8-14-20-16/h15-16H,1,3-5,7-14H2/t15-,16+/m1/s1. The maximum atomic E-state index is 5.64. The van der Waals surface area contributed by atoms with E-state index in [1.165, 1.54) is 12.8 Å². The average molecular weight is 282 g/mol. The molecule has 0 saturated carbocycles. The lowest BCUT2D eigenvalue weighted by Gasteiger charge is -2.22. The highest BCUT2D eigenvalue weighted by molar-refractivity contribution is 4.98. The molecule has 0 aromatic carbocycles. The van der Waals surface area contributed by atoms with Gasteiger partial charge in [0.2, 0.25) is 0 Å². The van der Waals surface area contributed by atoms with Gasteiger partial charge in [0.05, 0.1) is 6.61 Å². The first-order chi connectivity index (χ1) is 9.95. The van der Waals surface area contributed by atoms with Crippen molar-refractivity contribution >= 4 is 0 Å². The fraction of sp³-hybridized carbons (Fsp3) is 0.875. The molecular weight excluding hydrogens is 256 g/mol. The highest BCUT2D eigenvalue weighted by atomic mass is 16.7. The van der Waals surface area contributed by atoms with Gasteiger partial charge in [-0.2, -0.15) is 0 Å². The van der Waals surface area contributed by atoms with Crippen LogP contribution in [0.4, 0.5) is 0 Å². The molecule has 0 N–H and O–H groups in total. The van der Waals surface area contributed by atoms with Crippen molar-refractivity contribution in [3.63, 3.8) is 0 Å². The third-order valence-corrected chi connectivity index (χ3v) is 3.49. The Kier molecular flexibility index (Phi) is 8.03. The van der Waals surface area contributed by atoms with E-state index in [1.54, 1.807) is 0 Å². The first-order valence-electron chi connectivity index (χ1n) is 7.87. The van der Waals surface area contributed by atoms with Crippen LogP contribution < -0.4 is 0 Å². The van der Waals surface area contributed by atoms with E-state index in [-0.39, 0.29) is 12.6 Å². The Bertz CT molecular complexity index is 295. The minimum atomic E-state index is -0.0372. The largest absolute Gasteiger partial charge is 0.353 e. The third-order valence-electron chi connectivity index (χ3n) is 3.49. The maximum Gasteiger partial charge on any atom is 0.158 e. The number of ether oxygens (including phenoxy) is 4. The van der Waals surface area contributed by atoms with Crippen molar-refractivity contribution in [2.75, 3.05) is 26.4 Å². The Hall–Kier alpha value is -0.600. The van der Waals surface area contributed by atoms with E-state index >= 15 is 0 Å². The van der Waals surface area contributed by atoms with Crippen LogP contribution in [0, 0.1) is 11.8 Å². The average Bonchev–Trinajstić information content (AvgIpc) is 2.52. The van der Waals surface area contributed by atoms with Crippen molar-refractivity contribution in [3.8, 4) is 11.8 Å². The molecule has 0 amide bonds. The summed E-state index contributed by atoms with van der Waals surface area (Å²) in [5.41, 5.74) is 0. The summed E-state index contributed by atoms with van der Waals surface area (Å²) in [7, 11) is 0. The molecule has 0 bridgehead atoms. The molecule has 0 aromatic rings. The molecule has 0 spiro atoms. The molecule has 2 saturated heterocycles. The van der Waals surface area contributed by atoms with Crippen molar-refractivity contribution in [3.05, 3.63) is 0 Å². The molecule has 0 unspecified atom stereocenters. The fourth-order valence-electron chi connectivity index (χ4n) is 2.33. The molecule has 0 aromatic heterocycles. The molecule has 4 heteroatoms. The zero-order valence-corrected chi connectivity index (χ0v) is 12.3. The summed E-state index contributed by atoms with van der Waals surface area (Å²) in [5.74, 6) is 6.14. The summed E-state index contributed by atoms with van der Waals surface area (Å²) in [6.07, 6.45) is 8.52. The summed E-state index contributed by atoms with van der Waals surface area (Å²) >= 11 is 0. The van der Waals surface area contributed by atoms with E-state index in [4.69, 9.17) is 18.9 Å². The Morgan fingerprint density at radius 1 is 0.850 bits per heavy atom. The van der Waals surface area contributed by atoms with Crippen LogP contribution in [-0.2, 0) is 18.9 Å².